The van der Waals surface area contributed by atoms with Crippen LogP contribution in [0.3, 0.4) is 0 Å². The predicted octanol–water partition coefficient (Wildman–Crippen LogP) is 2.55. The van der Waals surface area contributed by atoms with Crippen LogP contribution < -0.4 is 16.8 Å². The smallest absolute Gasteiger partial charge is 0.123 e. The van der Waals surface area contributed by atoms with E-state index >= 15 is 0 Å². The van der Waals surface area contributed by atoms with Gasteiger partial charge < -0.3 is 11.5 Å². The standard InChI is InChI=1S/C13H31N3/c1-5-7-9-11-12(3,10-8-6-2)13(14,15)16-4/h16H,5-11,14-15H2,1-4H3. The molecule has 0 aromatic heterocycles. The second-order valence-electron chi connectivity index (χ2n) is 5.24. The molecule has 0 aliphatic rings. The molecule has 16 heavy (non-hydrogen) atoms. The third kappa shape index (κ3) is 4.40. The summed E-state index contributed by atoms with van der Waals surface area (Å²) in [4.78, 5) is 0. The molecule has 0 heterocycles. The molecular formula is C13H31N3. The van der Waals surface area contributed by atoms with E-state index in [2.05, 4.69) is 26.1 Å². The van der Waals surface area contributed by atoms with Crippen LogP contribution in [0.5, 0.6) is 0 Å². The Balaban J connectivity index is 4.47. The minimum absolute atomic E-state index is 0.00701. The maximum Gasteiger partial charge on any atom is 0.123 e. The third-order valence-electron chi connectivity index (χ3n) is 3.83. The predicted molar refractivity (Wildman–Crippen MR) is 71.9 cm³/mol. The first-order valence-electron chi connectivity index (χ1n) is 6.70. The first kappa shape index (κ1) is 15.9. The van der Waals surface area contributed by atoms with E-state index in [-0.39, 0.29) is 5.41 Å². The average molecular weight is 229 g/mol. The molecule has 0 aliphatic carbocycles. The van der Waals surface area contributed by atoms with Crippen LogP contribution in [-0.4, -0.2) is 12.8 Å². The number of rotatable bonds is 9. The van der Waals surface area contributed by atoms with Crippen molar-refractivity contribution in [1.82, 2.24) is 5.32 Å². The van der Waals surface area contributed by atoms with Crippen molar-refractivity contribution in [3.8, 4) is 0 Å². The fourth-order valence-corrected chi connectivity index (χ4v) is 2.17. The number of hydrogen-bond donors (Lipinski definition) is 3. The van der Waals surface area contributed by atoms with Crippen LogP contribution in [0.4, 0.5) is 0 Å². The minimum atomic E-state index is -0.754. The Morgan fingerprint density at radius 3 is 1.88 bits per heavy atom. The van der Waals surface area contributed by atoms with E-state index in [0.717, 1.165) is 12.8 Å². The second kappa shape index (κ2) is 7.25. The van der Waals surface area contributed by atoms with E-state index in [1.807, 2.05) is 7.05 Å². The number of unbranched alkanes of at least 4 members (excludes halogenated alkanes) is 3. The molecule has 1 atom stereocenters. The van der Waals surface area contributed by atoms with Gasteiger partial charge in [-0.05, 0) is 19.9 Å². The zero-order valence-corrected chi connectivity index (χ0v) is 11.6. The fourth-order valence-electron chi connectivity index (χ4n) is 2.17. The summed E-state index contributed by atoms with van der Waals surface area (Å²) in [7, 11) is 1.85. The van der Waals surface area contributed by atoms with Gasteiger partial charge in [-0.1, -0.05) is 52.9 Å². The van der Waals surface area contributed by atoms with Crippen LogP contribution in [0.15, 0.2) is 0 Å². The van der Waals surface area contributed by atoms with Gasteiger partial charge in [0.1, 0.15) is 5.79 Å². The first-order chi connectivity index (χ1) is 7.43. The molecule has 0 aromatic carbocycles. The Morgan fingerprint density at radius 1 is 0.938 bits per heavy atom. The zero-order chi connectivity index (χ0) is 12.7. The maximum absolute atomic E-state index is 6.18. The van der Waals surface area contributed by atoms with Crippen molar-refractivity contribution in [3.05, 3.63) is 0 Å². The SMILES string of the molecule is CCCCCC(C)(CCCC)C(N)(N)NC. The molecule has 0 bridgehead atoms. The maximum atomic E-state index is 6.18. The molecule has 0 amide bonds. The molecular weight excluding hydrogens is 198 g/mol. The Labute approximate surface area is 101 Å². The van der Waals surface area contributed by atoms with E-state index < -0.39 is 5.79 Å². The molecule has 0 fully saturated rings. The minimum Gasteiger partial charge on any atom is -0.301 e. The van der Waals surface area contributed by atoms with Crippen molar-refractivity contribution in [2.45, 2.75) is 71.5 Å². The molecule has 0 spiro atoms. The van der Waals surface area contributed by atoms with E-state index in [9.17, 15) is 0 Å². The summed E-state index contributed by atoms with van der Waals surface area (Å²) in [5.41, 5.74) is 12.4. The highest BCUT2D eigenvalue weighted by molar-refractivity contribution is 4.92. The van der Waals surface area contributed by atoms with Gasteiger partial charge in [0.05, 0.1) is 0 Å². The largest absolute Gasteiger partial charge is 0.301 e. The van der Waals surface area contributed by atoms with E-state index in [1.165, 1.54) is 32.1 Å². The lowest BCUT2D eigenvalue weighted by molar-refractivity contribution is 0.0876. The molecule has 0 radical (unpaired) electrons. The topological polar surface area (TPSA) is 64.1 Å². The van der Waals surface area contributed by atoms with Crippen molar-refractivity contribution in [2.75, 3.05) is 7.05 Å². The van der Waals surface area contributed by atoms with Crippen LogP contribution in [0.2, 0.25) is 0 Å². The van der Waals surface area contributed by atoms with Gasteiger partial charge in [0, 0.05) is 5.41 Å². The molecule has 0 rings (SSSR count). The first-order valence-corrected chi connectivity index (χ1v) is 6.70. The number of nitrogens with two attached hydrogens (primary N) is 2. The second-order valence-corrected chi connectivity index (χ2v) is 5.24. The normalized spacial score (nSPS) is 16.1. The fraction of sp³-hybridized carbons (Fsp3) is 1.00. The summed E-state index contributed by atoms with van der Waals surface area (Å²) < 4.78 is 0. The molecule has 0 aliphatic heterocycles. The van der Waals surface area contributed by atoms with E-state index in [0.29, 0.717) is 0 Å². The lowest BCUT2D eigenvalue weighted by Gasteiger charge is -2.44. The molecule has 3 heteroatoms. The van der Waals surface area contributed by atoms with Gasteiger partial charge in [0.15, 0.2) is 0 Å². The monoisotopic (exact) mass is 229 g/mol. The van der Waals surface area contributed by atoms with Gasteiger partial charge in [-0.25, -0.2) is 0 Å². The molecule has 3 nitrogen and oxygen atoms in total. The zero-order valence-electron chi connectivity index (χ0n) is 11.6. The Hall–Kier alpha value is -0.120. The highest BCUT2D eigenvalue weighted by Gasteiger charge is 2.40. The van der Waals surface area contributed by atoms with Crippen LogP contribution in [0, 0.1) is 5.41 Å². The van der Waals surface area contributed by atoms with Gasteiger partial charge in [-0.2, -0.15) is 0 Å². The van der Waals surface area contributed by atoms with Crippen molar-refractivity contribution in [1.29, 1.82) is 0 Å². The molecule has 1 unspecified atom stereocenters. The lowest BCUT2D eigenvalue weighted by atomic mass is 9.74. The van der Waals surface area contributed by atoms with Gasteiger partial charge in [-0.3, -0.25) is 5.32 Å². The van der Waals surface area contributed by atoms with Gasteiger partial charge >= 0.3 is 0 Å². The van der Waals surface area contributed by atoms with Crippen molar-refractivity contribution in [3.63, 3.8) is 0 Å². The summed E-state index contributed by atoms with van der Waals surface area (Å²) in [6, 6.07) is 0. The lowest BCUT2D eigenvalue weighted by Crippen LogP contribution is -2.69. The molecule has 0 saturated heterocycles. The van der Waals surface area contributed by atoms with Crippen molar-refractivity contribution >= 4 is 0 Å². The highest BCUT2D eigenvalue weighted by atomic mass is 15.2. The molecule has 0 saturated carbocycles. The summed E-state index contributed by atoms with van der Waals surface area (Å²) in [6.07, 6.45) is 8.32. The van der Waals surface area contributed by atoms with Crippen LogP contribution >= 0.6 is 0 Å². The van der Waals surface area contributed by atoms with Crippen LogP contribution in [0.25, 0.3) is 0 Å². The Kier molecular flexibility index (Phi) is 7.20. The van der Waals surface area contributed by atoms with E-state index in [4.69, 9.17) is 11.5 Å². The quantitative estimate of drug-likeness (QED) is 0.420. The Morgan fingerprint density at radius 2 is 1.44 bits per heavy atom. The van der Waals surface area contributed by atoms with Crippen molar-refractivity contribution < 1.29 is 0 Å². The third-order valence-corrected chi connectivity index (χ3v) is 3.83. The Bertz CT molecular complexity index is 180. The van der Waals surface area contributed by atoms with Gasteiger partial charge in [-0.15, -0.1) is 0 Å². The molecule has 98 valence electrons. The van der Waals surface area contributed by atoms with Crippen molar-refractivity contribution in [2.24, 2.45) is 16.9 Å². The summed E-state index contributed by atoms with van der Waals surface area (Å²) >= 11 is 0. The summed E-state index contributed by atoms with van der Waals surface area (Å²) in [5, 5.41) is 3.07. The van der Waals surface area contributed by atoms with E-state index in [1.54, 1.807) is 0 Å². The highest BCUT2D eigenvalue weighted by Crippen LogP contribution is 2.36. The number of nitrogens with one attached hydrogen (secondary N) is 1. The molecule has 0 aromatic rings. The average Bonchev–Trinajstić information content (AvgIpc) is 2.26. The summed E-state index contributed by atoms with van der Waals surface area (Å²) in [6.45, 7) is 6.65. The van der Waals surface area contributed by atoms with Gasteiger partial charge in [0.2, 0.25) is 0 Å². The molecule has 5 N–H and O–H groups in total. The van der Waals surface area contributed by atoms with Crippen LogP contribution in [-0.2, 0) is 0 Å². The van der Waals surface area contributed by atoms with Gasteiger partial charge in [0.25, 0.3) is 0 Å². The van der Waals surface area contributed by atoms with Crippen LogP contribution in [0.1, 0.15) is 65.7 Å². The summed E-state index contributed by atoms with van der Waals surface area (Å²) in [5.74, 6) is -0.754. The number of hydrogen-bond acceptors (Lipinski definition) is 3.